The van der Waals surface area contributed by atoms with Crippen LogP contribution in [0.2, 0.25) is 0 Å². The number of aromatic nitrogens is 1. The molecule has 6 heteroatoms. The molecule has 0 amide bonds. The number of hydrogen-bond donors (Lipinski definition) is 1. The monoisotopic (exact) mass is 340 g/mol. The van der Waals surface area contributed by atoms with Crippen molar-refractivity contribution in [3.05, 3.63) is 45.6 Å². The zero-order valence-electron chi connectivity index (χ0n) is 10.6. The number of esters is 1. The summed E-state index contributed by atoms with van der Waals surface area (Å²) in [5.74, 6) is -0.351. The fourth-order valence-electron chi connectivity index (χ4n) is 1.63. The number of benzene rings is 1. The predicted octanol–water partition coefficient (Wildman–Crippen LogP) is 3.61. The van der Waals surface area contributed by atoms with Crippen LogP contribution in [0.15, 0.2) is 28.7 Å². The summed E-state index contributed by atoms with van der Waals surface area (Å²) >= 11 is 4.64. The van der Waals surface area contributed by atoms with E-state index in [0.29, 0.717) is 11.3 Å². The van der Waals surface area contributed by atoms with Gasteiger partial charge in [-0.1, -0.05) is 28.1 Å². The van der Waals surface area contributed by atoms with Gasteiger partial charge < -0.3 is 10.1 Å². The van der Waals surface area contributed by atoms with Crippen molar-refractivity contribution < 1.29 is 9.53 Å². The largest absolute Gasteiger partial charge is 0.457 e. The van der Waals surface area contributed by atoms with Crippen molar-refractivity contribution in [1.29, 1.82) is 0 Å². The number of carbonyl (C=O) groups excluding carboxylic acids is 1. The van der Waals surface area contributed by atoms with E-state index in [1.54, 1.807) is 14.0 Å². The standard InChI is InChI=1S/C13H13BrN2O2S/c1-8-11(12(15-2)19-16-8)13(17)18-7-9-4-3-5-10(14)6-9/h3-6,15H,7H2,1-2H3. The molecule has 0 saturated carbocycles. The van der Waals surface area contributed by atoms with Gasteiger partial charge in [0.05, 0.1) is 5.69 Å². The van der Waals surface area contributed by atoms with Crippen molar-refractivity contribution in [2.75, 3.05) is 12.4 Å². The molecule has 0 fully saturated rings. The zero-order valence-corrected chi connectivity index (χ0v) is 13.0. The number of ether oxygens (including phenoxy) is 1. The third kappa shape index (κ3) is 3.33. The molecule has 0 aliphatic carbocycles. The van der Waals surface area contributed by atoms with Crippen molar-refractivity contribution in [3.8, 4) is 0 Å². The Morgan fingerprint density at radius 2 is 2.32 bits per heavy atom. The van der Waals surface area contributed by atoms with Gasteiger partial charge in [-0.05, 0) is 36.2 Å². The number of aryl methyl sites for hydroxylation is 1. The smallest absolute Gasteiger partial charge is 0.343 e. The number of carbonyl (C=O) groups is 1. The number of nitrogens with zero attached hydrogens (tertiary/aromatic N) is 1. The topological polar surface area (TPSA) is 51.2 Å². The lowest BCUT2D eigenvalue weighted by Crippen LogP contribution is -2.08. The van der Waals surface area contributed by atoms with Crippen LogP contribution in [0.25, 0.3) is 0 Å². The van der Waals surface area contributed by atoms with E-state index in [0.717, 1.165) is 15.0 Å². The van der Waals surface area contributed by atoms with Crippen LogP contribution < -0.4 is 5.32 Å². The van der Waals surface area contributed by atoms with Crippen LogP contribution >= 0.6 is 27.5 Å². The third-order valence-electron chi connectivity index (χ3n) is 2.55. The molecule has 0 radical (unpaired) electrons. The molecule has 0 saturated heterocycles. The maximum atomic E-state index is 12.1. The number of hydrogen-bond acceptors (Lipinski definition) is 5. The summed E-state index contributed by atoms with van der Waals surface area (Å²) in [7, 11) is 1.76. The molecule has 0 bridgehead atoms. The fraction of sp³-hybridized carbons (Fsp3) is 0.231. The van der Waals surface area contributed by atoms with E-state index >= 15 is 0 Å². The van der Waals surface area contributed by atoms with Crippen LogP contribution in [0, 0.1) is 6.92 Å². The molecule has 100 valence electrons. The summed E-state index contributed by atoms with van der Waals surface area (Å²) in [6.45, 7) is 2.05. The lowest BCUT2D eigenvalue weighted by Gasteiger charge is -2.06. The Morgan fingerprint density at radius 3 is 3.00 bits per heavy atom. The van der Waals surface area contributed by atoms with E-state index in [1.807, 2.05) is 24.3 Å². The Morgan fingerprint density at radius 1 is 1.53 bits per heavy atom. The van der Waals surface area contributed by atoms with Gasteiger partial charge in [0.2, 0.25) is 0 Å². The number of rotatable bonds is 4. The molecule has 1 aromatic carbocycles. The van der Waals surface area contributed by atoms with E-state index in [1.165, 1.54) is 11.5 Å². The maximum absolute atomic E-state index is 12.1. The number of halogens is 1. The molecule has 1 heterocycles. The Kier molecular flexibility index (Phi) is 4.55. The second kappa shape index (κ2) is 6.16. The molecular weight excluding hydrogens is 328 g/mol. The van der Waals surface area contributed by atoms with Crippen molar-refractivity contribution in [3.63, 3.8) is 0 Å². The zero-order chi connectivity index (χ0) is 13.8. The van der Waals surface area contributed by atoms with Crippen LogP contribution in [-0.2, 0) is 11.3 Å². The summed E-state index contributed by atoms with van der Waals surface area (Å²) in [6, 6.07) is 7.67. The minimum Gasteiger partial charge on any atom is -0.457 e. The molecule has 0 aliphatic heterocycles. The summed E-state index contributed by atoms with van der Waals surface area (Å²) in [6.07, 6.45) is 0. The van der Waals surface area contributed by atoms with Crippen LogP contribution in [-0.4, -0.2) is 17.4 Å². The van der Waals surface area contributed by atoms with Crippen LogP contribution in [0.4, 0.5) is 5.00 Å². The quantitative estimate of drug-likeness (QED) is 0.863. The predicted molar refractivity (Wildman–Crippen MR) is 79.7 cm³/mol. The molecular formula is C13H13BrN2O2S. The highest BCUT2D eigenvalue weighted by molar-refractivity contribution is 9.10. The molecule has 0 atom stereocenters. The van der Waals surface area contributed by atoms with Gasteiger partial charge in [0, 0.05) is 11.5 Å². The van der Waals surface area contributed by atoms with Crippen molar-refractivity contribution in [2.45, 2.75) is 13.5 Å². The molecule has 2 aromatic rings. The van der Waals surface area contributed by atoms with E-state index in [9.17, 15) is 4.79 Å². The highest BCUT2D eigenvalue weighted by Crippen LogP contribution is 2.25. The van der Waals surface area contributed by atoms with Crippen molar-refractivity contribution in [1.82, 2.24) is 4.37 Å². The molecule has 0 spiro atoms. The van der Waals surface area contributed by atoms with E-state index in [2.05, 4.69) is 25.6 Å². The average molecular weight is 341 g/mol. The van der Waals surface area contributed by atoms with Gasteiger partial charge in [-0.25, -0.2) is 4.79 Å². The fourth-order valence-corrected chi connectivity index (χ4v) is 2.81. The number of nitrogens with one attached hydrogen (secondary N) is 1. The molecule has 1 aromatic heterocycles. The Balaban J connectivity index is 2.07. The molecule has 19 heavy (non-hydrogen) atoms. The first-order valence-corrected chi connectivity index (χ1v) is 7.24. The second-order valence-electron chi connectivity index (χ2n) is 3.93. The second-order valence-corrected chi connectivity index (χ2v) is 5.62. The summed E-state index contributed by atoms with van der Waals surface area (Å²) in [5.41, 5.74) is 2.14. The SMILES string of the molecule is CNc1snc(C)c1C(=O)OCc1cccc(Br)c1. The minimum absolute atomic E-state index is 0.247. The highest BCUT2D eigenvalue weighted by Gasteiger charge is 2.19. The van der Waals surface area contributed by atoms with Gasteiger partial charge in [-0.15, -0.1) is 0 Å². The molecule has 0 unspecified atom stereocenters. The first kappa shape index (κ1) is 14.0. The van der Waals surface area contributed by atoms with Gasteiger partial charge in [-0.2, -0.15) is 4.37 Å². The Bertz CT molecular complexity index is 598. The highest BCUT2D eigenvalue weighted by atomic mass is 79.9. The van der Waals surface area contributed by atoms with Gasteiger partial charge in [0.1, 0.15) is 17.2 Å². The summed E-state index contributed by atoms with van der Waals surface area (Å²) in [5, 5.41) is 3.69. The summed E-state index contributed by atoms with van der Waals surface area (Å²) in [4.78, 5) is 12.1. The van der Waals surface area contributed by atoms with E-state index in [-0.39, 0.29) is 12.6 Å². The van der Waals surface area contributed by atoms with Crippen molar-refractivity contribution >= 4 is 38.4 Å². The van der Waals surface area contributed by atoms with Crippen LogP contribution in [0.3, 0.4) is 0 Å². The van der Waals surface area contributed by atoms with Gasteiger partial charge in [-0.3, -0.25) is 0 Å². The molecule has 2 rings (SSSR count). The Hall–Kier alpha value is -1.40. The van der Waals surface area contributed by atoms with Crippen molar-refractivity contribution in [2.24, 2.45) is 0 Å². The molecule has 0 aliphatic rings. The molecule has 4 nitrogen and oxygen atoms in total. The number of anilines is 1. The minimum atomic E-state index is -0.351. The first-order valence-electron chi connectivity index (χ1n) is 5.67. The summed E-state index contributed by atoms with van der Waals surface area (Å²) < 4.78 is 10.4. The van der Waals surface area contributed by atoms with Gasteiger partial charge in [0.25, 0.3) is 0 Å². The Labute approximate surface area is 124 Å². The van der Waals surface area contributed by atoms with Crippen LogP contribution in [0.5, 0.6) is 0 Å². The van der Waals surface area contributed by atoms with E-state index < -0.39 is 0 Å². The lowest BCUT2D eigenvalue weighted by molar-refractivity contribution is 0.0473. The van der Waals surface area contributed by atoms with Gasteiger partial charge >= 0.3 is 5.97 Å². The average Bonchev–Trinajstić information content (AvgIpc) is 2.77. The third-order valence-corrected chi connectivity index (χ3v) is 4.00. The molecule has 1 N–H and O–H groups in total. The normalized spacial score (nSPS) is 10.3. The van der Waals surface area contributed by atoms with Gasteiger partial charge in [0.15, 0.2) is 0 Å². The van der Waals surface area contributed by atoms with E-state index in [4.69, 9.17) is 4.74 Å². The maximum Gasteiger partial charge on any atom is 0.343 e. The lowest BCUT2D eigenvalue weighted by atomic mass is 10.2. The van der Waals surface area contributed by atoms with Crippen LogP contribution in [0.1, 0.15) is 21.6 Å². The first-order chi connectivity index (χ1) is 9.11.